The number of rotatable bonds is 12. The van der Waals surface area contributed by atoms with Crippen molar-refractivity contribution in [3.05, 3.63) is 112 Å². The van der Waals surface area contributed by atoms with Gasteiger partial charge in [0.1, 0.15) is 16.6 Å². The minimum Gasteiger partial charge on any atom is -0.475 e. The molecule has 0 atom stereocenters. The van der Waals surface area contributed by atoms with Gasteiger partial charge in [0.15, 0.2) is 0 Å². The second kappa shape index (κ2) is 18.0. The Kier molecular flexibility index (Phi) is 13.8. The highest BCUT2D eigenvalue weighted by Crippen LogP contribution is 2.25. The Morgan fingerprint density at radius 3 is 2.10 bits per heavy atom. The van der Waals surface area contributed by atoms with Crippen LogP contribution in [0.5, 0.6) is 0 Å². The molecule has 1 amide bonds. The predicted molar refractivity (Wildman–Crippen MR) is 178 cm³/mol. The molecule has 1 fully saturated rings. The summed E-state index contributed by atoms with van der Waals surface area (Å²) < 4.78 is 59.6. The lowest BCUT2D eigenvalue weighted by Crippen LogP contribution is -2.45. The molecule has 8 nitrogen and oxygen atoms in total. The first-order chi connectivity index (χ1) is 23.4. The summed E-state index contributed by atoms with van der Waals surface area (Å²) in [5, 5.41) is 13.4. The highest BCUT2D eigenvalue weighted by molar-refractivity contribution is 7.13. The molecule has 2 N–H and O–H groups in total. The lowest BCUT2D eigenvalue weighted by atomic mass is 10.1. The van der Waals surface area contributed by atoms with Gasteiger partial charge in [-0.05, 0) is 43.3 Å². The minimum absolute atomic E-state index is 0.0130. The standard InChI is InChI=1S/C33H37F2N5OS.C2HF3O2/c1-38-14-16-39(17-15-38)12-5-13-40(33(41)28-18-29(34)20-30(35)19-28)23-31-24-42-32(37-31)27-10-8-26(9-11-27)22-36-21-25-6-3-2-4-7-25;3-2(4,5)1(6)7/h2-4,6-11,18-20,24,36H,5,12-17,21-23H2,1H3;(H,6,7). The number of alkyl halides is 3. The number of amides is 1. The van der Waals surface area contributed by atoms with Gasteiger partial charge in [-0.1, -0.05) is 54.6 Å². The fourth-order valence-corrected chi connectivity index (χ4v) is 5.91. The molecule has 262 valence electrons. The molecule has 1 aromatic heterocycles. The Hall–Kier alpha value is -4.24. The summed E-state index contributed by atoms with van der Waals surface area (Å²) in [4.78, 5) is 33.5. The van der Waals surface area contributed by atoms with E-state index < -0.39 is 29.7 Å². The molecule has 49 heavy (non-hydrogen) atoms. The first-order valence-electron chi connectivity index (χ1n) is 15.6. The quantitative estimate of drug-likeness (QED) is 0.168. The van der Waals surface area contributed by atoms with Crippen molar-refractivity contribution in [1.82, 2.24) is 25.0 Å². The van der Waals surface area contributed by atoms with Crippen LogP contribution in [0.3, 0.4) is 0 Å². The minimum atomic E-state index is -5.08. The maximum Gasteiger partial charge on any atom is 0.490 e. The largest absolute Gasteiger partial charge is 0.490 e. The monoisotopic (exact) mass is 703 g/mol. The van der Waals surface area contributed by atoms with Crippen LogP contribution >= 0.6 is 11.3 Å². The van der Waals surface area contributed by atoms with E-state index in [0.717, 1.165) is 86.7 Å². The normalized spacial score (nSPS) is 13.8. The van der Waals surface area contributed by atoms with Crippen LogP contribution in [0.1, 0.15) is 33.6 Å². The summed E-state index contributed by atoms with van der Waals surface area (Å²) in [6.07, 6.45) is -4.32. The number of carbonyl (C=O) groups is 2. The molecule has 5 rings (SSSR count). The van der Waals surface area contributed by atoms with Crippen molar-refractivity contribution in [2.75, 3.05) is 46.3 Å². The van der Waals surface area contributed by atoms with Crippen molar-refractivity contribution in [2.45, 2.75) is 32.2 Å². The third-order valence-corrected chi connectivity index (χ3v) is 8.68. The van der Waals surface area contributed by atoms with Gasteiger partial charge in [-0.25, -0.2) is 18.6 Å². The zero-order valence-electron chi connectivity index (χ0n) is 26.9. The van der Waals surface area contributed by atoms with Crippen LogP contribution in [0.4, 0.5) is 22.0 Å². The second-order valence-corrected chi connectivity index (χ2v) is 12.5. The fourth-order valence-electron chi connectivity index (χ4n) is 5.09. The first-order valence-corrected chi connectivity index (χ1v) is 16.5. The van der Waals surface area contributed by atoms with Gasteiger partial charge < -0.3 is 25.1 Å². The number of hydrogen-bond donors (Lipinski definition) is 2. The summed E-state index contributed by atoms with van der Waals surface area (Å²) in [5.74, 6) is -4.67. The summed E-state index contributed by atoms with van der Waals surface area (Å²) in [5.41, 5.74) is 4.22. The van der Waals surface area contributed by atoms with Gasteiger partial charge in [-0.15, -0.1) is 11.3 Å². The third-order valence-electron chi connectivity index (χ3n) is 7.74. The van der Waals surface area contributed by atoms with Gasteiger partial charge in [0.05, 0.1) is 12.2 Å². The molecule has 0 aliphatic carbocycles. The summed E-state index contributed by atoms with van der Waals surface area (Å²) in [6.45, 7) is 7.24. The third kappa shape index (κ3) is 12.3. The van der Waals surface area contributed by atoms with Crippen LogP contribution in [0.25, 0.3) is 10.6 Å². The number of hydrogen-bond acceptors (Lipinski definition) is 7. The van der Waals surface area contributed by atoms with Crippen molar-refractivity contribution in [1.29, 1.82) is 0 Å². The number of aromatic nitrogens is 1. The van der Waals surface area contributed by atoms with Crippen LogP contribution in [0, 0.1) is 11.6 Å². The molecule has 0 bridgehead atoms. The van der Waals surface area contributed by atoms with Gasteiger partial charge in [-0.2, -0.15) is 13.2 Å². The number of carboxylic acids is 1. The van der Waals surface area contributed by atoms with Crippen molar-refractivity contribution in [3.63, 3.8) is 0 Å². The Labute approximate surface area is 285 Å². The van der Waals surface area contributed by atoms with Gasteiger partial charge in [-0.3, -0.25) is 4.79 Å². The molecule has 0 saturated carbocycles. The van der Waals surface area contributed by atoms with E-state index in [0.29, 0.717) is 6.54 Å². The highest BCUT2D eigenvalue weighted by Gasteiger charge is 2.38. The zero-order valence-corrected chi connectivity index (χ0v) is 27.7. The van der Waals surface area contributed by atoms with Crippen LogP contribution in [-0.4, -0.2) is 89.2 Å². The van der Waals surface area contributed by atoms with E-state index in [1.165, 1.54) is 22.5 Å². The van der Waals surface area contributed by atoms with Gasteiger partial charge in [0.25, 0.3) is 5.91 Å². The SMILES string of the molecule is CN1CCN(CCCN(Cc2csc(-c3ccc(CNCc4ccccc4)cc3)n2)C(=O)c2cc(F)cc(F)c2)CC1.O=C(O)C(F)(F)F. The van der Waals surface area contributed by atoms with Crippen molar-refractivity contribution in [3.8, 4) is 10.6 Å². The van der Waals surface area contributed by atoms with Crippen molar-refractivity contribution in [2.24, 2.45) is 0 Å². The van der Waals surface area contributed by atoms with E-state index >= 15 is 0 Å². The molecule has 1 aliphatic heterocycles. The Bertz CT molecular complexity index is 1630. The van der Waals surface area contributed by atoms with Crippen LogP contribution in [0.15, 0.2) is 78.2 Å². The zero-order chi connectivity index (χ0) is 35.4. The Morgan fingerprint density at radius 2 is 1.51 bits per heavy atom. The topological polar surface area (TPSA) is 89.0 Å². The van der Waals surface area contributed by atoms with Crippen molar-refractivity contribution < 1.29 is 36.6 Å². The molecule has 3 aromatic carbocycles. The molecule has 14 heteroatoms. The second-order valence-electron chi connectivity index (χ2n) is 11.6. The molecule has 4 aromatic rings. The van der Waals surface area contributed by atoms with Gasteiger partial charge in [0.2, 0.25) is 0 Å². The van der Waals surface area contributed by atoms with Crippen LogP contribution in [-0.2, 0) is 24.4 Å². The number of piperazine rings is 1. The molecular formula is C35H38F5N5O3S. The molecule has 0 spiro atoms. The molecule has 1 aliphatic rings. The number of nitrogens with one attached hydrogen (secondary N) is 1. The van der Waals surface area contributed by atoms with E-state index in [1.807, 2.05) is 23.6 Å². The van der Waals surface area contributed by atoms with E-state index in [1.54, 1.807) is 4.90 Å². The van der Waals surface area contributed by atoms with E-state index in [-0.39, 0.29) is 12.1 Å². The number of benzene rings is 3. The fraction of sp³-hybridized carbons (Fsp3) is 0.343. The molecule has 0 radical (unpaired) electrons. The lowest BCUT2D eigenvalue weighted by molar-refractivity contribution is -0.192. The Balaban J connectivity index is 0.000000698. The van der Waals surface area contributed by atoms with E-state index in [2.05, 4.69) is 58.6 Å². The number of carboxylic acid groups (broad SMARTS) is 1. The van der Waals surface area contributed by atoms with Crippen molar-refractivity contribution >= 4 is 23.2 Å². The lowest BCUT2D eigenvalue weighted by Gasteiger charge is -2.33. The van der Waals surface area contributed by atoms with Gasteiger partial charge in [0, 0.05) is 68.4 Å². The number of likely N-dealkylation sites (N-methyl/N-ethyl adjacent to an activating group) is 1. The number of carbonyl (C=O) groups excluding carboxylic acids is 1. The van der Waals surface area contributed by atoms with Crippen LogP contribution < -0.4 is 5.32 Å². The molecule has 1 saturated heterocycles. The average molecular weight is 704 g/mol. The number of thiazole rings is 1. The predicted octanol–water partition coefficient (Wildman–Crippen LogP) is 6.29. The average Bonchev–Trinajstić information content (AvgIpc) is 3.54. The highest BCUT2D eigenvalue weighted by atomic mass is 32.1. The maximum absolute atomic E-state index is 13.9. The molecule has 2 heterocycles. The number of nitrogens with zero attached hydrogens (tertiary/aromatic N) is 4. The summed E-state index contributed by atoms with van der Waals surface area (Å²) >= 11 is 1.53. The Morgan fingerprint density at radius 1 is 0.918 bits per heavy atom. The van der Waals surface area contributed by atoms with Crippen LogP contribution in [0.2, 0.25) is 0 Å². The van der Waals surface area contributed by atoms with E-state index in [4.69, 9.17) is 14.9 Å². The number of halogens is 5. The molecule has 0 unspecified atom stereocenters. The summed E-state index contributed by atoms with van der Waals surface area (Å²) in [6, 6.07) is 21.6. The maximum atomic E-state index is 13.9. The van der Waals surface area contributed by atoms with Gasteiger partial charge >= 0.3 is 12.1 Å². The van der Waals surface area contributed by atoms with E-state index in [9.17, 15) is 26.7 Å². The molecular weight excluding hydrogens is 665 g/mol. The number of aliphatic carboxylic acids is 1. The summed E-state index contributed by atoms with van der Waals surface area (Å²) in [7, 11) is 2.12. The smallest absolute Gasteiger partial charge is 0.475 e. The first kappa shape index (κ1) is 37.6.